The van der Waals surface area contributed by atoms with Crippen molar-refractivity contribution in [2.45, 2.75) is 0 Å². The Morgan fingerprint density at radius 3 is 2.47 bits per heavy atom. The first-order chi connectivity index (χ1) is 14.6. The molecule has 7 nitrogen and oxygen atoms in total. The summed E-state index contributed by atoms with van der Waals surface area (Å²) < 4.78 is 10.4. The smallest absolute Gasteiger partial charge is 0.336 e. The van der Waals surface area contributed by atoms with Gasteiger partial charge in [0.25, 0.3) is 5.91 Å². The topological polar surface area (TPSA) is 89.9 Å². The van der Waals surface area contributed by atoms with Crippen molar-refractivity contribution in [2.24, 2.45) is 5.10 Å². The molecule has 0 atom stereocenters. The van der Waals surface area contributed by atoms with Gasteiger partial charge >= 0.3 is 5.97 Å². The number of nitrogens with zero attached hydrogens (tertiary/aromatic N) is 2. The maximum atomic E-state index is 12.1. The summed E-state index contributed by atoms with van der Waals surface area (Å²) in [7, 11) is 1.59. The molecule has 0 aliphatic carbocycles. The van der Waals surface area contributed by atoms with Crippen LogP contribution in [0.25, 0.3) is 6.08 Å². The molecule has 150 valence electrons. The zero-order chi connectivity index (χ0) is 21.2. The third-order valence-corrected chi connectivity index (χ3v) is 3.93. The quantitative estimate of drug-likeness (QED) is 0.215. The van der Waals surface area contributed by atoms with E-state index in [9.17, 15) is 9.59 Å². The Bertz CT molecular complexity index is 1060. The number of esters is 1. The summed E-state index contributed by atoms with van der Waals surface area (Å²) in [4.78, 5) is 27.8. The summed E-state index contributed by atoms with van der Waals surface area (Å²) in [5.41, 5.74) is 4.39. The van der Waals surface area contributed by atoms with E-state index in [0.717, 1.165) is 11.3 Å². The number of methoxy groups -OCH3 is 1. The van der Waals surface area contributed by atoms with Gasteiger partial charge in [-0.25, -0.2) is 10.2 Å². The number of carbonyl (C=O) groups excluding carboxylic acids is 2. The van der Waals surface area contributed by atoms with E-state index in [1.807, 2.05) is 12.1 Å². The van der Waals surface area contributed by atoms with Gasteiger partial charge in [-0.3, -0.25) is 9.78 Å². The SMILES string of the molecule is COc1ccc(C=CC(=O)Oc2cccc(C=NNC(=O)c3ccncc3)c2)cc1. The largest absolute Gasteiger partial charge is 0.497 e. The predicted octanol–water partition coefficient (Wildman–Crippen LogP) is 3.47. The highest BCUT2D eigenvalue weighted by molar-refractivity contribution is 5.94. The molecular weight excluding hydrogens is 382 g/mol. The van der Waals surface area contributed by atoms with Gasteiger partial charge in [0.2, 0.25) is 0 Å². The Morgan fingerprint density at radius 2 is 1.73 bits per heavy atom. The van der Waals surface area contributed by atoms with Crippen molar-refractivity contribution in [1.29, 1.82) is 0 Å². The van der Waals surface area contributed by atoms with Gasteiger partial charge in [-0.15, -0.1) is 0 Å². The van der Waals surface area contributed by atoms with E-state index in [1.165, 1.54) is 24.7 Å². The van der Waals surface area contributed by atoms with E-state index in [0.29, 0.717) is 16.9 Å². The van der Waals surface area contributed by atoms with Crippen LogP contribution in [0.15, 0.2) is 84.2 Å². The number of benzene rings is 2. The number of rotatable bonds is 7. The zero-order valence-electron chi connectivity index (χ0n) is 16.2. The van der Waals surface area contributed by atoms with Crippen LogP contribution in [0.2, 0.25) is 0 Å². The van der Waals surface area contributed by atoms with Crippen molar-refractivity contribution in [3.8, 4) is 11.5 Å². The number of pyridine rings is 1. The maximum absolute atomic E-state index is 12.1. The van der Waals surface area contributed by atoms with Gasteiger partial charge in [-0.2, -0.15) is 5.10 Å². The van der Waals surface area contributed by atoms with Crippen molar-refractivity contribution in [1.82, 2.24) is 10.4 Å². The van der Waals surface area contributed by atoms with Gasteiger partial charge in [0, 0.05) is 24.0 Å². The Balaban J connectivity index is 1.56. The molecular formula is C23H19N3O4. The molecule has 0 spiro atoms. The van der Waals surface area contributed by atoms with E-state index >= 15 is 0 Å². The molecule has 30 heavy (non-hydrogen) atoms. The molecule has 0 radical (unpaired) electrons. The van der Waals surface area contributed by atoms with E-state index in [2.05, 4.69) is 15.5 Å². The summed E-state index contributed by atoms with van der Waals surface area (Å²) >= 11 is 0. The second-order valence-corrected chi connectivity index (χ2v) is 6.04. The van der Waals surface area contributed by atoms with Gasteiger partial charge in [-0.1, -0.05) is 24.3 Å². The molecule has 0 saturated heterocycles. The van der Waals surface area contributed by atoms with Gasteiger partial charge in [-0.05, 0) is 53.6 Å². The Morgan fingerprint density at radius 1 is 0.967 bits per heavy atom. The lowest BCUT2D eigenvalue weighted by Crippen LogP contribution is -2.17. The molecule has 3 aromatic rings. The van der Waals surface area contributed by atoms with Crippen molar-refractivity contribution in [2.75, 3.05) is 7.11 Å². The highest BCUT2D eigenvalue weighted by Crippen LogP contribution is 2.14. The lowest BCUT2D eigenvalue weighted by Gasteiger charge is -2.03. The third-order valence-electron chi connectivity index (χ3n) is 3.93. The minimum absolute atomic E-state index is 0.347. The summed E-state index contributed by atoms with van der Waals surface area (Å²) in [6.07, 6.45) is 7.52. The first kappa shape index (κ1) is 20.5. The molecule has 0 unspecified atom stereocenters. The molecule has 0 fully saturated rings. The second kappa shape index (κ2) is 10.3. The fourth-order valence-electron chi connectivity index (χ4n) is 2.42. The molecule has 7 heteroatoms. The van der Waals surface area contributed by atoms with Gasteiger partial charge in [0.1, 0.15) is 11.5 Å². The van der Waals surface area contributed by atoms with Crippen molar-refractivity contribution >= 4 is 24.2 Å². The number of ether oxygens (including phenoxy) is 2. The van der Waals surface area contributed by atoms with Gasteiger partial charge in [0.15, 0.2) is 0 Å². The summed E-state index contributed by atoms with van der Waals surface area (Å²) in [6.45, 7) is 0. The Hall–Kier alpha value is -4.26. The lowest BCUT2D eigenvalue weighted by atomic mass is 10.2. The molecule has 0 bridgehead atoms. The highest BCUT2D eigenvalue weighted by Gasteiger charge is 2.03. The number of amides is 1. The van der Waals surface area contributed by atoms with E-state index < -0.39 is 5.97 Å². The Kier molecular flexibility index (Phi) is 7.05. The normalized spacial score (nSPS) is 10.8. The summed E-state index contributed by atoms with van der Waals surface area (Å²) in [6, 6.07) is 17.2. The van der Waals surface area contributed by atoms with Crippen LogP contribution in [0.5, 0.6) is 11.5 Å². The summed E-state index contributed by atoms with van der Waals surface area (Å²) in [5.74, 6) is 0.250. The molecule has 1 aromatic heterocycles. The monoisotopic (exact) mass is 401 g/mol. The van der Waals surface area contributed by atoms with Crippen molar-refractivity contribution in [3.05, 3.63) is 95.8 Å². The standard InChI is InChI=1S/C23H19N3O4/c1-29-20-8-5-17(6-9-20)7-10-22(27)30-21-4-2-3-18(15-21)16-25-26-23(28)19-11-13-24-14-12-19/h2-16H,1H3,(H,26,28). The minimum Gasteiger partial charge on any atom is -0.497 e. The van der Waals surface area contributed by atoms with Crippen LogP contribution in [0, 0.1) is 0 Å². The molecule has 0 aliphatic rings. The average molecular weight is 401 g/mol. The molecule has 1 heterocycles. The number of aromatic nitrogens is 1. The number of carbonyl (C=O) groups is 2. The fraction of sp³-hybridized carbons (Fsp3) is 0.0435. The van der Waals surface area contributed by atoms with Crippen LogP contribution < -0.4 is 14.9 Å². The van der Waals surface area contributed by atoms with Crippen LogP contribution in [-0.2, 0) is 4.79 Å². The van der Waals surface area contributed by atoms with Crippen LogP contribution >= 0.6 is 0 Å². The number of nitrogens with one attached hydrogen (secondary N) is 1. The van der Waals surface area contributed by atoms with E-state index in [1.54, 1.807) is 61.7 Å². The number of hydrogen-bond donors (Lipinski definition) is 1. The highest BCUT2D eigenvalue weighted by atomic mass is 16.5. The van der Waals surface area contributed by atoms with Gasteiger partial charge < -0.3 is 9.47 Å². The van der Waals surface area contributed by atoms with Crippen LogP contribution in [0.1, 0.15) is 21.5 Å². The van der Waals surface area contributed by atoms with Crippen LogP contribution in [-0.4, -0.2) is 30.2 Å². The molecule has 0 saturated carbocycles. The average Bonchev–Trinajstić information content (AvgIpc) is 2.79. The number of hydrazone groups is 1. The molecule has 3 rings (SSSR count). The minimum atomic E-state index is -0.508. The molecule has 2 aromatic carbocycles. The number of hydrogen-bond acceptors (Lipinski definition) is 6. The van der Waals surface area contributed by atoms with Crippen LogP contribution in [0.3, 0.4) is 0 Å². The van der Waals surface area contributed by atoms with Crippen molar-refractivity contribution < 1.29 is 19.1 Å². The van der Waals surface area contributed by atoms with Crippen molar-refractivity contribution in [3.63, 3.8) is 0 Å². The van der Waals surface area contributed by atoms with Crippen LogP contribution in [0.4, 0.5) is 0 Å². The second-order valence-electron chi connectivity index (χ2n) is 6.04. The molecule has 1 amide bonds. The zero-order valence-corrected chi connectivity index (χ0v) is 16.2. The fourth-order valence-corrected chi connectivity index (χ4v) is 2.42. The van der Waals surface area contributed by atoms with E-state index in [4.69, 9.17) is 9.47 Å². The van der Waals surface area contributed by atoms with Gasteiger partial charge in [0.05, 0.1) is 13.3 Å². The Labute approximate surface area is 173 Å². The first-order valence-corrected chi connectivity index (χ1v) is 9.01. The lowest BCUT2D eigenvalue weighted by molar-refractivity contribution is -0.128. The first-order valence-electron chi connectivity index (χ1n) is 9.01. The predicted molar refractivity (Wildman–Crippen MR) is 113 cm³/mol. The van der Waals surface area contributed by atoms with E-state index in [-0.39, 0.29) is 5.91 Å². The molecule has 1 N–H and O–H groups in total. The summed E-state index contributed by atoms with van der Waals surface area (Å²) in [5, 5.41) is 3.92. The third kappa shape index (κ3) is 6.13. The molecule has 0 aliphatic heterocycles. The maximum Gasteiger partial charge on any atom is 0.336 e.